The van der Waals surface area contributed by atoms with Gasteiger partial charge in [0.2, 0.25) is 5.91 Å². The molecule has 0 aromatic heterocycles. The van der Waals surface area contributed by atoms with Gasteiger partial charge in [-0.05, 0) is 18.6 Å². The van der Waals surface area contributed by atoms with Gasteiger partial charge in [0.15, 0.2) is 11.6 Å². The number of hydrogen-bond donors (Lipinski definition) is 3. The van der Waals surface area contributed by atoms with Crippen LogP contribution in [0.3, 0.4) is 0 Å². The van der Waals surface area contributed by atoms with Gasteiger partial charge in [0.25, 0.3) is 5.91 Å². The Morgan fingerprint density at radius 2 is 1.86 bits per heavy atom. The van der Waals surface area contributed by atoms with Crippen LogP contribution in [0.15, 0.2) is 12.1 Å². The highest BCUT2D eigenvalue weighted by Gasteiger charge is 2.24. The molecule has 1 aliphatic heterocycles. The second-order valence-electron chi connectivity index (χ2n) is 4.63. The summed E-state index contributed by atoms with van der Waals surface area (Å²) in [5.74, 6) is -5.14. The summed E-state index contributed by atoms with van der Waals surface area (Å²) < 4.78 is 26.3. The van der Waals surface area contributed by atoms with Crippen molar-refractivity contribution in [3.05, 3.63) is 34.9 Å². The summed E-state index contributed by atoms with van der Waals surface area (Å²) in [5, 5.41) is 14.0. The highest BCUT2D eigenvalue weighted by atomic mass is 19.2. The minimum Gasteiger partial charge on any atom is -0.478 e. The fourth-order valence-corrected chi connectivity index (χ4v) is 2.03. The van der Waals surface area contributed by atoms with E-state index in [2.05, 4.69) is 10.6 Å². The molecule has 1 unspecified atom stereocenters. The molecular formula is C13H12F2N2O4. The summed E-state index contributed by atoms with van der Waals surface area (Å²) in [6, 6.07) is 0.634. The molecule has 6 nitrogen and oxygen atoms in total. The molecule has 1 aromatic rings. The third-order valence-electron chi connectivity index (χ3n) is 3.14. The second-order valence-corrected chi connectivity index (χ2v) is 4.63. The molecule has 1 aliphatic rings. The first-order chi connectivity index (χ1) is 9.88. The fraction of sp³-hybridized carbons (Fsp3) is 0.308. The van der Waals surface area contributed by atoms with Gasteiger partial charge in [-0.25, -0.2) is 13.6 Å². The molecule has 1 heterocycles. The number of amides is 2. The topological polar surface area (TPSA) is 95.5 Å². The zero-order chi connectivity index (χ0) is 15.6. The van der Waals surface area contributed by atoms with Crippen LogP contribution in [-0.4, -0.2) is 35.5 Å². The molecule has 0 aliphatic carbocycles. The lowest BCUT2D eigenvalue weighted by Crippen LogP contribution is -2.48. The van der Waals surface area contributed by atoms with Gasteiger partial charge < -0.3 is 15.7 Å². The highest BCUT2D eigenvalue weighted by Crippen LogP contribution is 2.16. The van der Waals surface area contributed by atoms with Crippen LogP contribution < -0.4 is 10.6 Å². The third-order valence-corrected chi connectivity index (χ3v) is 3.14. The maximum atomic E-state index is 13.2. The maximum Gasteiger partial charge on any atom is 0.336 e. The first-order valence-corrected chi connectivity index (χ1v) is 6.18. The van der Waals surface area contributed by atoms with E-state index in [0.29, 0.717) is 18.6 Å². The molecule has 1 fully saturated rings. The number of nitrogens with one attached hydrogen (secondary N) is 2. The second kappa shape index (κ2) is 5.86. The van der Waals surface area contributed by atoms with Crippen molar-refractivity contribution in [2.75, 3.05) is 6.54 Å². The molecule has 1 saturated heterocycles. The van der Waals surface area contributed by atoms with Gasteiger partial charge >= 0.3 is 5.97 Å². The van der Waals surface area contributed by atoms with E-state index in [1.165, 1.54) is 0 Å². The molecule has 21 heavy (non-hydrogen) atoms. The minimum absolute atomic E-state index is 0.139. The predicted molar refractivity (Wildman–Crippen MR) is 66.8 cm³/mol. The first kappa shape index (κ1) is 14.9. The van der Waals surface area contributed by atoms with Crippen LogP contribution in [0.1, 0.15) is 33.6 Å². The quantitative estimate of drug-likeness (QED) is 0.764. The zero-order valence-corrected chi connectivity index (χ0v) is 10.8. The van der Waals surface area contributed by atoms with E-state index < -0.39 is 34.6 Å². The van der Waals surface area contributed by atoms with E-state index in [-0.39, 0.29) is 24.9 Å². The van der Waals surface area contributed by atoms with Crippen molar-refractivity contribution in [1.29, 1.82) is 0 Å². The monoisotopic (exact) mass is 298 g/mol. The van der Waals surface area contributed by atoms with Gasteiger partial charge in [-0.1, -0.05) is 0 Å². The Hall–Kier alpha value is -2.51. The molecule has 1 aromatic carbocycles. The molecule has 3 N–H and O–H groups in total. The van der Waals surface area contributed by atoms with Crippen LogP contribution in [0.4, 0.5) is 8.78 Å². The van der Waals surface area contributed by atoms with Gasteiger partial charge in [-0.15, -0.1) is 0 Å². The van der Waals surface area contributed by atoms with E-state index >= 15 is 0 Å². The standard InChI is InChI=1S/C13H12F2N2O4/c14-9-3-7(8(13(20)21)4-10(9)15)12(19)17-6-1-2-11(18)16-5-6/h3-4,6H,1-2,5H2,(H,16,18)(H,17,19)(H,20,21). The lowest BCUT2D eigenvalue weighted by atomic mass is 10.0. The number of rotatable bonds is 3. The van der Waals surface area contributed by atoms with E-state index in [4.69, 9.17) is 5.11 Å². The predicted octanol–water partition coefficient (Wildman–Crippen LogP) is 0.671. The van der Waals surface area contributed by atoms with Crippen molar-refractivity contribution in [1.82, 2.24) is 10.6 Å². The van der Waals surface area contributed by atoms with Gasteiger partial charge in [-0.2, -0.15) is 0 Å². The van der Waals surface area contributed by atoms with Crippen molar-refractivity contribution >= 4 is 17.8 Å². The average Bonchev–Trinajstić information content (AvgIpc) is 2.43. The molecule has 2 rings (SSSR count). The zero-order valence-electron chi connectivity index (χ0n) is 10.8. The maximum absolute atomic E-state index is 13.2. The molecule has 0 radical (unpaired) electrons. The van der Waals surface area contributed by atoms with E-state index in [0.717, 1.165) is 0 Å². The van der Waals surface area contributed by atoms with Gasteiger partial charge in [-0.3, -0.25) is 9.59 Å². The highest BCUT2D eigenvalue weighted by molar-refractivity contribution is 6.05. The Morgan fingerprint density at radius 1 is 1.24 bits per heavy atom. The van der Waals surface area contributed by atoms with Crippen molar-refractivity contribution in [2.45, 2.75) is 18.9 Å². The van der Waals surface area contributed by atoms with Crippen LogP contribution in [0.5, 0.6) is 0 Å². The fourth-order valence-electron chi connectivity index (χ4n) is 2.03. The Kier molecular flexibility index (Phi) is 4.15. The van der Waals surface area contributed by atoms with Crippen LogP contribution in [-0.2, 0) is 4.79 Å². The molecule has 0 saturated carbocycles. The van der Waals surface area contributed by atoms with Crippen molar-refractivity contribution in [3.63, 3.8) is 0 Å². The SMILES string of the molecule is O=C1CCC(NC(=O)c2cc(F)c(F)cc2C(=O)O)CN1. The molecule has 112 valence electrons. The van der Waals surface area contributed by atoms with Crippen molar-refractivity contribution < 1.29 is 28.3 Å². The Morgan fingerprint density at radius 3 is 2.38 bits per heavy atom. The van der Waals surface area contributed by atoms with Crippen LogP contribution in [0.25, 0.3) is 0 Å². The third kappa shape index (κ3) is 3.33. The number of piperidine rings is 1. The number of halogens is 2. The molecule has 1 atom stereocenters. The van der Waals surface area contributed by atoms with Crippen molar-refractivity contribution in [3.8, 4) is 0 Å². The molecule has 2 amide bonds. The summed E-state index contributed by atoms with van der Waals surface area (Å²) in [6.07, 6.45) is 0.623. The molecular weight excluding hydrogens is 286 g/mol. The molecule has 0 bridgehead atoms. The smallest absolute Gasteiger partial charge is 0.336 e. The number of carbonyl (C=O) groups is 3. The Balaban J connectivity index is 2.20. The van der Waals surface area contributed by atoms with Crippen LogP contribution >= 0.6 is 0 Å². The number of carboxylic acid groups (broad SMARTS) is 1. The van der Waals surface area contributed by atoms with Crippen LogP contribution in [0, 0.1) is 11.6 Å². The summed E-state index contributed by atoms with van der Waals surface area (Å²) >= 11 is 0. The number of carbonyl (C=O) groups excluding carboxylic acids is 2. The van der Waals surface area contributed by atoms with Gasteiger partial charge in [0.05, 0.1) is 11.1 Å². The lowest BCUT2D eigenvalue weighted by Gasteiger charge is -2.23. The minimum atomic E-state index is -1.53. The summed E-state index contributed by atoms with van der Waals surface area (Å²) in [7, 11) is 0. The average molecular weight is 298 g/mol. The van der Waals surface area contributed by atoms with E-state index in [1.807, 2.05) is 0 Å². The van der Waals surface area contributed by atoms with Gasteiger partial charge in [0, 0.05) is 19.0 Å². The molecule has 8 heteroatoms. The van der Waals surface area contributed by atoms with Crippen LogP contribution in [0.2, 0.25) is 0 Å². The number of carboxylic acids is 1. The van der Waals surface area contributed by atoms with Crippen molar-refractivity contribution in [2.24, 2.45) is 0 Å². The largest absolute Gasteiger partial charge is 0.478 e. The summed E-state index contributed by atoms with van der Waals surface area (Å²) in [4.78, 5) is 34.0. The van der Waals surface area contributed by atoms with E-state index in [9.17, 15) is 23.2 Å². The van der Waals surface area contributed by atoms with Gasteiger partial charge in [0.1, 0.15) is 0 Å². The number of aromatic carboxylic acids is 1. The summed E-state index contributed by atoms with van der Waals surface area (Å²) in [5.41, 5.74) is -1.08. The number of hydrogen-bond acceptors (Lipinski definition) is 3. The lowest BCUT2D eigenvalue weighted by molar-refractivity contribution is -0.122. The Bertz CT molecular complexity index is 608. The summed E-state index contributed by atoms with van der Waals surface area (Å²) in [6.45, 7) is 0.205. The number of benzene rings is 1. The Labute approximate surface area is 118 Å². The molecule has 0 spiro atoms. The van der Waals surface area contributed by atoms with E-state index in [1.54, 1.807) is 0 Å². The first-order valence-electron chi connectivity index (χ1n) is 6.18. The normalized spacial score (nSPS) is 18.0.